The number of Topliss-reactive ketones (excluding diaryl/α,β-unsaturated/α-hetero) is 2. The number of phenols is 1. The molecule has 0 unspecified atom stereocenters. The number of carbonyl (C=O) groups excluding carboxylic acids is 3. The van der Waals surface area contributed by atoms with E-state index in [0.29, 0.717) is 16.8 Å². The molecule has 2 aliphatic carbocycles. The van der Waals surface area contributed by atoms with Gasteiger partial charge in [0.25, 0.3) is 0 Å². The van der Waals surface area contributed by atoms with E-state index in [4.69, 9.17) is 5.73 Å². The number of likely N-dealkylation sites (N-methyl/N-ethyl adjacent to an activating group) is 1. The number of hydrogen-bond acceptors (Lipinski definition) is 9. The molecule has 196 valence electrons. The summed E-state index contributed by atoms with van der Waals surface area (Å²) in [4.78, 5) is 44.6. The number of primary amides is 1. The molecule has 1 amide bonds. The molecule has 37 heavy (non-hydrogen) atoms. The van der Waals surface area contributed by atoms with Crippen molar-refractivity contribution >= 4 is 23.2 Å². The van der Waals surface area contributed by atoms with Crippen LogP contribution in [0.4, 0.5) is 0 Å². The van der Waals surface area contributed by atoms with Crippen LogP contribution >= 0.6 is 0 Å². The summed E-state index contributed by atoms with van der Waals surface area (Å²) in [5.74, 6) is -5.68. The van der Waals surface area contributed by atoms with E-state index in [9.17, 15) is 34.8 Å². The van der Waals surface area contributed by atoms with E-state index in [1.807, 2.05) is 19.1 Å². The molecule has 6 N–H and O–H groups in total. The Morgan fingerprint density at radius 2 is 1.92 bits per heavy atom. The Kier molecular flexibility index (Phi) is 6.93. The van der Waals surface area contributed by atoms with Crippen molar-refractivity contribution in [3.05, 3.63) is 52.7 Å². The van der Waals surface area contributed by atoms with Gasteiger partial charge >= 0.3 is 0 Å². The van der Waals surface area contributed by atoms with E-state index in [-0.39, 0.29) is 29.7 Å². The third kappa shape index (κ3) is 4.30. The number of amides is 1. The number of hydrogen-bond donors (Lipinski definition) is 5. The van der Waals surface area contributed by atoms with E-state index < -0.39 is 59.7 Å². The first-order valence-corrected chi connectivity index (χ1v) is 12.0. The van der Waals surface area contributed by atoms with Crippen LogP contribution in [0.25, 0.3) is 17.0 Å². The maximum absolute atomic E-state index is 13.8. The fourth-order valence-corrected chi connectivity index (χ4v) is 5.71. The molecule has 1 heterocycles. The molecule has 1 aromatic heterocycles. The van der Waals surface area contributed by atoms with Crippen molar-refractivity contribution in [2.45, 2.75) is 37.8 Å². The normalized spacial score (nSPS) is 24.0. The highest BCUT2D eigenvalue weighted by Crippen LogP contribution is 2.50. The van der Waals surface area contributed by atoms with Crippen molar-refractivity contribution in [3.8, 4) is 17.0 Å². The van der Waals surface area contributed by atoms with Gasteiger partial charge in [0.15, 0.2) is 11.4 Å². The van der Waals surface area contributed by atoms with Gasteiger partial charge in [-0.25, -0.2) is 0 Å². The van der Waals surface area contributed by atoms with Gasteiger partial charge in [0.05, 0.1) is 24.3 Å². The molecule has 1 fully saturated rings. The summed E-state index contributed by atoms with van der Waals surface area (Å²) in [6, 6.07) is 5.98. The molecule has 0 saturated heterocycles. The lowest BCUT2D eigenvalue weighted by Crippen LogP contribution is -2.64. The van der Waals surface area contributed by atoms with E-state index >= 15 is 0 Å². The van der Waals surface area contributed by atoms with Crippen molar-refractivity contribution in [1.82, 2.24) is 9.88 Å². The number of rotatable bonds is 7. The van der Waals surface area contributed by atoms with Crippen LogP contribution in [0, 0.1) is 18.8 Å². The first-order chi connectivity index (χ1) is 17.4. The molecule has 1 aromatic carbocycles. The molecule has 0 radical (unpaired) electrons. The van der Waals surface area contributed by atoms with E-state index in [0.717, 1.165) is 5.56 Å². The molecule has 0 spiro atoms. The lowest BCUT2D eigenvalue weighted by molar-refractivity contribution is -0.163. The van der Waals surface area contributed by atoms with E-state index in [1.54, 1.807) is 31.3 Å². The Labute approximate surface area is 214 Å². The highest BCUT2D eigenvalue weighted by Gasteiger charge is 2.60. The molecule has 0 aliphatic heterocycles. The first-order valence-electron chi connectivity index (χ1n) is 12.0. The number of carbonyl (C=O) groups is 3. The third-order valence-electron chi connectivity index (χ3n) is 7.57. The number of pyridine rings is 1. The molecule has 1 saturated carbocycles. The number of aromatic hydroxyl groups is 1. The second-order valence-electron chi connectivity index (χ2n) is 10.1. The number of nitrogens with two attached hydrogens (primary N) is 1. The van der Waals surface area contributed by atoms with Gasteiger partial charge in [-0.1, -0.05) is 6.07 Å². The van der Waals surface area contributed by atoms with Crippen molar-refractivity contribution < 1.29 is 34.8 Å². The Morgan fingerprint density at radius 1 is 1.22 bits per heavy atom. The average molecular weight is 510 g/mol. The molecular weight excluding hydrogens is 478 g/mol. The van der Waals surface area contributed by atoms with Gasteiger partial charge < -0.3 is 31.1 Å². The number of aliphatic hydroxyl groups is 3. The topological polar surface area (TPSA) is 174 Å². The van der Waals surface area contributed by atoms with E-state index in [2.05, 4.69) is 4.98 Å². The molecule has 4 atom stereocenters. The predicted molar refractivity (Wildman–Crippen MR) is 134 cm³/mol. The van der Waals surface area contributed by atoms with Crippen LogP contribution < -0.4 is 5.73 Å². The number of nitrogens with zero attached hydrogens (tertiary/aromatic N) is 2. The zero-order valence-corrected chi connectivity index (χ0v) is 20.9. The van der Waals surface area contributed by atoms with Crippen molar-refractivity contribution in [3.63, 3.8) is 0 Å². The monoisotopic (exact) mass is 509 g/mol. The maximum Gasteiger partial charge on any atom is 0.225 e. The number of benzene rings is 1. The first kappa shape index (κ1) is 26.5. The largest absolute Gasteiger partial charge is 0.507 e. The van der Waals surface area contributed by atoms with Gasteiger partial charge in [0.1, 0.15) is 11.5 Å². The Balaban J connectivity index is 1.92. The highest BCUT2D eigenvalue weighted by molar-refractivity contribution is 6.23. The summed E-state index contributed by atoms with van der Waals surface area (Å²) in [5, 5.41) is 43.7. The fraction of sp³-hybridized carbons (Fsp3) is 0.407. The standard InChI is InChI=1S/C27H31N3O7/c1-13-4-6-18(29-11-13)15-5-7-20(32)24-16(15)8-14-9-17(19(12-31)30(2)3)27(37,21(33)10-22(28)34)26(36)23(14)25(24)35/h4-7,11,14,17,19,31-32,35,37H,8-10,12H2,1-3H3,(H2,28,34)/t14-,17-,19+,27+/m0/s1. The van der Waals surface area contributed by atoms with Crippen LogP contribution in [-0.2, 0) is 20.8 Å². The second-order valence-corrected chi connectivity index (χ2v) is 10.1. The van der Waals surface area contributed by atoms with Gasteiger partial charge in [-0.3, -0.25) is 19.4 Å². The Hall–Kier alpha value is -3.60. The fourth-order valence-electron chi connectivity index (χ4n) is 5.71. The molecule has 10 nitrogen and oxygen atoms in total. The van der Waals surface area contributed by atoms with Crippen LogP contribution in [0.1, 0.15) is 29.5 Å². The van der Waals surface area contributed by atoms with Crippen LogP contribution in [0.15, 0.2) is 36.0 Å². The lowest BCUT2D eigenvalue weighted by atomic mass is 9.59. The zero-order chi connectivity index (χ0) is 27.2. The number of aryl methyl sites for hydroxylation is 1. The number of aromatic nitrogens is 1. The minimum atomic E-state index is -2.70. The minimum absolute atomic E-state index is 0.0361. The Bertz CT molecular complexity index is 1300. The summed E-state index contributed by atoms with van der Waals surface area (Å²) in [7, 11) is 3.28. The van der Waals surface area contributed by atoms with Crippen LogP contribution in [0.3, 0.4) is 0 Å². The average Bonchev–Trinajstić information content (AvgIpc) is 2.82. The number of phenolic OH excluding ortho intramolecular Hbond substituents is 1. The summed E-state index contributed by atoms with van der Waals surface area (Å²) in [5.41, 5.74) is 5.17. The van der Waals surface area contributed by atoms with Gasteiger partial charge in [0, 0.05) is 29.3 Å². The number of fused-ring (bicyclic) bond motifs is 2. The molecule has 10 heteroatoms. The summed E-state index contributed by atoms with van der Waals surface area (Å²) < 4.78 is 0. The van der Waals surface area contributed by atoms with E-state index in [1.165, 1.54) is 6.07 Å². The SMILES string of the molecule is Cc1ccc(-c2ccc(O)c3c2C[C@H]2C[C@@H]([C@@H](CO)N(C)C)[C@@](O)(C(=O)CC(N)=O)C(=O)C2=C3O)nc1. The van der Waals surface area contributed by atoms with Gasteiger partial charge in [0.2, 0.25) is 11.7 Å². The minimum Gasteiger partial charge on any atom is -0.507 e. The number of aliphatic hydroxyl groups excluding tert-OH is 2. The highest BCUT2D eigenvalue weighted by atomic mass is 16.3. The molecule has 4 rings (SSSR count). The molecule has 2 aliphatic rings. The second kappa shape index (κ2) is 9.70. The summed E-state index contributed by atoms with van der Waals surface area (Å²) >= 11 is 0. The molecular formula is C27H31N3O7. The molecule has 0 bridgehead atoms. The summed E-state index contributed by atoms with van der Waals surface area (Å²) in [6.07, 6.45) is 1.08. The molecule has 2 aromatic rings. The third-order valence-corrected chi connectivity index (χ3v) is 7.57. The lowest BCUT2D eigenvalue weighted by Gasteiger charge is -2.47. The van der Waals surface area contributed by atoms with Gasteiger partial charge in [-0.15, -0.1) is 0 Å². The van der Waals surface area contributed by atoms with Crippen LogP contribution in [-0.4, -0.2) is 80.1 Å². The van der Waals surface area contributed by atoms with Crippen LogP contribution in [0.5, 0.6) is 5.75 Å². The summed E-state index contributed by atoms with van der Waals surface area (Å²) in [6.45, 7) is 1.44. The quantitative estimate of drug-likeness (QED) is 0.340. The van der Waals surface area contributed by atoms with Crippen molar-refractivity contribution in [2.75, 3.05) is 20.7 Å². The van der Waals surface area contributed by atoms with Crippen molar-refractivity contribution in [1.29, 1.82) is 0 Å². The predicted octanol–water partition coefficient (Wildman–Crippen LogP) is 0.891. The maximum atomic E-state index is 13.8. The van der Waals surface area contributed by atoms with Gasteiger partial charge in [-0.2, -0.15) is 0 Å². The van der Waals surface area contributed by atoms with Crippen molar-refractivity contribution in [2.24, 2.45) is 17.6 Å². The zero-order valence-electron chi connectivity index (χ0n) is 20.9. The Morgan fingerprint density at radius 3 is 2.49 bits per heavy atom. The van der Waals surface area contributed by atoms with Crippen LogP contribution in [0.2, 0.25) is 0 Å². The van der Waals surface area contributed by atoms with Gasteiger partial charge in [-0.05, 0) is 69.1 Å². The number of ketones is 2. The smallest absolute Gasteiger partial charge is 0.225 e.